The van der Waals surface area contributed by atoms with Gasteiger partial charge in [0.2, 0.25) is 0 Å². The van der Waals surface area contributed by atoms with Gasteiger partial charge in [-0.25, -0.2) is 26.8 Å². The second-order valence-corrected chi connectivity index (χ2v) is 11.5. The zero-order valence-corrected chi connectivity index (χ0v) is 20.3. The number of nitrogens with zero attached hydrogens (tertiary/aromatic N) is 4. The minimum atomic E-state index is -3.96. The Morgan fingerprint density at radius 3 is 2.30 bits per heavy atom. The minimum absolute atomic E-state index is 0.0281. The number of anilines is 2. The lowest BCUT2D eigenvalue weighted by Crippen LogP contribution is -2.15. The molecular formula is C20H20N6O4S3. The van der Waals surface area contributed by atoms with E-state index in [0.29, 0.717) is 17.2 Å². The number of benzene rings is 1. The molecular weight excluding hydrogens is 484 g/mol. The largest absolute Gasteiger partial charge is 0.280 e. The highest BCUT2D eigenvalue weighted by molar-refractivity contribution is 7.93. The Hall–Kier alpha value is -3.29. The van der Waals surface area contributed by atoms with Gasteiger partial charge in [0, 0.05) is 30.7 Å². The minimum Gasteiger partial charge on any atom is -0.280 e. The molecule has 0 spiro atoms. The predicted molar refractivity (Wildman–Crippen MR) is 126 cm³/mol. The summed E-state index contributed by atoms with van der Waals surface area (Å²) in [5.41, 5.74) is 1.18. The van der Waals surface area contributed by atoms with Gasteiger partial charge < -0.3 is 0 Å². The second kappa shape index (κ2) is 8.57. The molecule has 0 unspecified atom stereocenters. The summed E-state index contributed by atoms with van der Waals surface area (Å²) in [5.74, 6) is 0.595. The topological polar surface area (TPSA) is 136 Å². The van der Waals surface area contributed by atoms with Crippen LogP contribution in [0.3, 0.4) is 0 Å². The Balaban J connectivity index is 1.57. The molecule has 3 aromatic heterocycles. The van der Waals surface area contributed by atoms with Crippen molar-refractivity contribution in [2.45, 2.75) is 23.6 Å². The van der Waals surface area contributed by atoms with Gasteiger partial charge >= 0.3 is 0 Å². The van der Waals surface area contributed by atoms with Gasteiger partial charge in [-0.1, -0.05) is 6.07 Å². The molecule has 0 aliphatic rings. The van der Waals surface area contributed by atoms with Crippen LogP contribution in [-0.4, -0.2) is 36.6 Å². The smallest absolute Gasteiger partial charge is 0.265 e. The van der Waals surface area contributed by atoms with Crippen molar-refractivity contribution in [3.63, 3.8) is 0 Å². The van der Waals surface area contributed by atoms with Crippen molar-refractivity contribution in [3.8, 4) is 10.6 Å². The van der Waals surface area contributed by atoms with Gasteiger partial charge in [-0.15, -0.1) is 11.3 Å². The van der Waals surface area contributed by atoms with E-state index in [-0.39, 0.29) is 21.3 Å². The number of hydrogen-bond acceptors (Lipinski definition) is 8. The molecule has 3 heterocycles. The van der Waals surface area contributed by atoms with Crippen molar-refractivity contribution in [2.24, 2.45) is 7.05 Å². The van der Waals surface area contributed by atoms with Crippen molar-refractivity contribution >= 4 is 42.9 Å². The van der Waals surface area contributed by atoms with Crippen LogP contribution < -0.4 is 9.44 Å². The molecule has 0 bridgehead atoms. The predicted octanol–water partition coefficient (Wildman–Crippen LogP) is 3.16. The Bertz CT molecular complexity index is 1490. The molecule has 1 aromatic carbocycles. The maximum absolute atomic E-state index is 13.0. The van der Waals surface area contributed by atoms with E-state index in [1.54, 1.807) is 27.0 Å². The Morgan fingerprint density at radius 2 is 1.67 bits per heavy atom. The van der Waals surface area contributed by atoms with Gasteiger partial charge in [0.05, 0.1) is 9.77 Å². The number of nitrogens with one attached hydrogen (secondary N) is 2. The monoisotopic (exact) mass is 504 g/mol. The van der Waals surface area contributed by atoms with Gasteiger partial charge in [-0.2, -0.15) is 5.10 Å². The molecule has 0 fully saturated rings. The molecule has 2 N–H and O–H groups in total. The van der Waals surface area contributed by atoms with Crippen molar-refractivity contribution in [1.29, 1.82) is 0 Å². The molecule has 10 nitrogen and oxygen atoms in total. The Morgan fingerprint density at radius 1 is 0.939 bits per heavy atom. The average Bonchev–Trinajstić information content (AvgIpc) is 3.36. The fraction of sp³-hybridized carbons (Fsp3) is 0.150. The van der Waals surface area contributed by atoms with Gasteiger partial charge in [0.15, 0.2) is 0 Å². The second-order valence-electron chi connectivity index (χ2n) is 7.17. The van der Waals surface area contributed by atoms with Crippen LogP contribution in [0, 0.1) is 13.8 Å². The lowest BCUT2D eigenvalue weighted by atomic mass is 10.3. The van der Waals surface area contributed by atoms with Crippen molar-refractivity contribution < 1.29 is 16.8 Å². The third-order valence-electron chi connectivity index (χ3n) is 4.46. The summed E-state index contributed by atoms with van der Waals surface area (Å²) in [6.45, 7) is 3.40. The number of sulfonamides is 2. The third kappa shape index (κ3) is 5.05. The Labute approximate surface area is 195 Å². The summed E-state index contributed by atoms with van der Waals surface area (Å²) < 4.78 is 57.7. The molecule has 33 heavy (non-hydrogen) atoms. The highest BCUT2D eigenvalue weighted by Crippen LogP contribution is 2.30. The quantitative estimate of drug-likeness (QED) is 0.394. The molecule has 0 aliphatic carbocycles. The SMILES string of the molecule is Cc1cc(NS(=O)(=O)c2ccc(NS(=O)(=O)c3cn(C)nc3-c3cccs3)cc2)nc(C)n1. The molecule has 172 valence electrons. The lowest BCUT2D eigenvalue weighted by Gasteiger charge is -2.10. The van der Waals surface area contributed by atoms with Crippen LogP contribution in [-0.2, 0) is 27.1 Å². The van der Waals surface area contributed by atoms with Crippen molar-refractivity contribution in [1.82, 2.24) is 19.7 Å². The lowest BCUT2D eigenvalue weighted by molar-refractivity contribution is 0.600. The standard InChI is InChI=1S/C20H20N6O4S3/c1-13-11-19(22-14(2)21-13)25-32(27,28)16-8-6-15(7-9-16)24-33(29,30)18-12-26(3)23-20(18)17-5-4-10-31-17/h4-12,24H,1-3H3,(H,21,22,25). The molecule has 0 saturated heterocycles. The van der Waals surface area contributed by atoms with E-state index in [9.17, 15) is 16.8 Å². The summed E-state index contributed by atoms with van der Waals surface area (Å²) in [7, 11) is -6.24. The van der Waals surface area contributed by atoms with Gasteiger partial charge in [0.1, 0.15) is 22.2 Å². The molecule has 0 aliphatic heterocycles. The van der Waals surface area contributed by atoms with Crippen LogP contribution >= 0.6 is 11.3 Å². The zero-order valence-electron chi connectivity index (χ0n) is 17.8. The van der Waals surface area contributed by atoms with Crippen LogP contribution in [0.4, 0.5) is 11.5 Å². The van der Waals surface area contributed by atoms with E-state index in [0.717, 1.165) is 4.88 Å². The maximum Gasteiger partial charge on any atom is 0.265 e. The highest BCUT2D eigenvalue weighted by Gasteiger charge is 2.24. The first kappa shape index (κ1) is 22.9. The molecule has 13 heteroatoms. The fourth-order valence-corrected chi connectivity index (χ4v) is 6.16. The van der Waals surface area contributed by atoms with Gasteiger partial charge in [-0.05, 0) is 49.6 Å². The van der Waals surface area contributed by atoms with E-state index >= 15 is 0 Å². The first-order chi connectivity index (χ1) is 15.5. The first-order valence-electron chi connectivity index (χ1n) is 9.59. The van der Waals surface area contributed by atoms with Crippen LogP contribution in [0.1, 0.15) is 11.5 Å². The van der Waals surface area contributed by atoms with Crippen LogP contribution in [0.15, 0.2) is 63.8 Å². The summed E-state index contributed by atoms with van der Waals surface area (Å²) in [6, 6.07) is 10.5. The van der Waals surface area contributed by atoms with E-state index in [1.165, 1.54) is 52.5 Å². The van der Waals surface area contributed by atoms with Crippen molar-refractivity contribution in [2.75, 3.05) is 9.44 Å². The summed E-state index contributed by atoms with van der Waals surface area (Å²) >= 11 is 1.38. The molecule has 0 saturated carbocycles. The highest BCUT2D eigenvalue weighted by atomic mass is 32.2. The number of hydrogen-bond donors (Lipinski definition) is 2. The first-order valence-corrected chi connectivity index (χ1v) is 13.4. The van der Waals surface area contributed by atoms with E-state index in [1.807, 2.05) is 11.4 Å². The number of aryl methyl sites for hydroxylation is 3. The summed E-state index contributed by atoms with van der Waals surface area (Å²) in [6.07, 6.45) is 1.42. The number of thiophene rings is 1. The molecule has 0 atom stereocenters. The molecule has 4 aromatic rings. The van der Waals surface area contributed by atoms with Gasteiger partial charge in [0.25, 0.3) is 20.0 Å². The van der Waals surface area contributed by atoms with Crippen LogP contribution in [0.5, 0.6) is 0 Å². The number of aromatic nitrogens is 4. The zero-order chi connectivity index (χ0) is 23.8. The van der Waals surface area contributed by atoms with E-state index in [4.69, 9.17) is 0 Å². The van der Waals surface area contributed by atoms with E-state index < -0.39 is 20.0 Å². The molecule has 4 rings (SSSR count). The molecule has 0 radical (unpaired) electrons. The summed E-state index contributed by atoms with van der Waals surface area (Å²) in [4.78, 5) is 8.90. The third-order valence-corrected chi connectivity index (χ3v) is 8.09. The van der Waals surface area contributed by atoms with E-state index in [2.05, 4.69) is 24.5 Å². The summed E-state index contributed by atoms with van der Waals surface area (Å²) in [5, 5.41) is 6.11. The van der Waals surface area contributed by atoms with Gasteiger partial charge in [-0.3, -0.25) is 14.1 Å². The molecule has 0 amide bonds. The fourth-order valence-electron chi connectivity index (χ4n) is 3.13. The number of rotatable bonds is 7. The maximum atomic E-state index is 13.0. The Kier molecular flexibility index (Phi) is 5.95. The van der Waals surface area contributed by atoms with Crippen molar-refractivity contribution in [3.05, 3.63) is 65.6 Å². The van der Waals surface area contributed by atoms with Crippen LogP contribution in [0.2, 0.25) is 0 Å². The normalized spacial score (nSPS) is 12.0. The van der Waals surface area contributed by atoms with Crippen LogP contribution in [0.25, 0.3) is 10.6 Å². The average molecular weight is 505 g/mol.